The van der Waals surface area contributed by atoms with Crippen LogP contribution < -0.4 is 9.64 Å². The Hall–Kier alpha value is -2.69. The van der Waals surface area contributed by atoms with Gasteiger partial charge in [0, 0.05) is 44.8 Å². The van der Waals surface area contributed by atoms with Gasteiger partial charge in [-0.2, -0.15) is 4.31 Å². The maximum Gasteiger partial charge on any atom is 0.253 e. The molecule has 4 rings (SSSR count). The number of benzene rings is 2. The lowest BCUT2D eigenvalue weighted by molar-refractivity contribution is 0.0746. The van der Waals surface area contributed by atoms with Crippen LogP contribution in [-0.4, -0.2) is 74.9 Å². The van der Waals surface area contributed by atoms with E-state index in [1.165, 1.54) is 0 Å². The molecule has 1 aliphatic heterocycles. The number of carbonyl (C=O) groups excluding carboxylic acids is 1. The summed E-state index contributed by atoms with van der Waals surface area (Å²) in [5, 5.41) is 0.945. The van der Waals surface area contributed by atoms with Crippen LogP contribution in [0.5, 0.6) is 5.75 Å². The van der Waals surface area contributed by atoms with Crippen molar-refractivity contribution in [2.45, 2.75) is 44.4 Å². The van der Waals surface area contributed by atoms with E-state index in [2.05, 4.69) is 18.7 Å². The number of thiazole rings is 1. The quantitative estimate of drug-likeness (QED) is 0.343. The molecule has 37 heavy (non-hydrogen) atoms. The predicted octanol–water partition coefficient (Wildman–Crippen LogP) is 4.86. The number of nitrogens with zero attached hydrogens (tertiary/aromatic N) is 4. The molecule has 2 aromatic carbocycles. The van der Waals surface area contributed by atoms with E-state index in [1.54, 1.807) is 47.0 Å². The summed E-state index contributed by atoms with van der Waals surface area (Å²) in [5.41, 5.74) is 1.45. The fourth-order valence-electron chi connectivity index (χ4n) is 4.38. The predicted molar refractivity (Wildman–Crippen MR) is 149 cm³/mol. The van der Waals surface area contributed by atoms with Crippen LogP contribution in [-0.2, 0) is 10.0 Å². The second-order valence-electron chi connectivity index (χ2n) is 9.24. The standard InChI is InChI=1S/C27H36N4O4S2/c1-4-6-14-31(15-7-5-2)37(33,34)23-11-8-21(9-12-23)26(32)29-16-18-30(19-17-29)27-28-24-13-10-22(35-3)20-25(24)36-27/h8-13,20H,4-7,14-19H2,1-3H3. The van der Waals surface area contributed by atoms with Gasteiger partial charge in [-0.05, 0) is 55.3 Å². The lowest BCUT2D eigenvalue weighted by Crippen LogP contribution is -2.48. The van der Waals surface area contributed by atoms with Crippen LogP contribution in [0.25, 0.3) is 10.2 Å². The second kappa shape index (κ2) is 12.2. The number of piperazine rings is 1. The van der Waals surface area contributed by atoms with Crippen LogP contribution in [0, 0.1) is 0 Å². The van der Waals surface area contributed by atoms with Crippen LogP contribution in [0.4, 0.5) is 5.13 Å². The summed E-state index contributed by atoms with van der Waals surface area (Å²) in [6, 6.07) is 12.3. The molecule has 1 aromatic heterocycles. The number of ether oxygens (including phenoxy) is 1. The van der Waals surface area contributed by atoms with Gasteiger partial charge in [0.1, 0.15) is 5.75 Å². The van der Waals surface area contributed by atoms with Gasteiger partial charge >= 0.3 is 0 Å². The van der Waals surface area contributed by atoms with E-state index in [4.69, 9.17) is 9.72 Å². The Kier molecular flexibility index (Phi) is 9.04. The van der Waals surface area contributed by atoms with Gasteiger partial charge < -0.3 is 14.5 Å². The van der Waals surface area contributed by atoms with Crippen molar-refractivity contribution in [2.24, 2.45) is 0 Å². The van der Waals surface area contributed by atoms with Gasteiger partial charge in [-0.15, -0.1) is 0 Å². The SMILES string of the molecule is CCCCN(CCCC)S(=O)(=O)c1ccc(C(=O)N2CCN(c3nc4ccc(OC)cc4s3)CC2)cc1. The van der Waals surface area contributed by atoms with Gasteiger partial charge in [0.25, 0.3) is 5.91 Å². The highest BCUT2D eigenvalue weighted by atomic mass is 32.2. The number of aromatic nitrogens is 1. The largest absolute Gasteiger partial charge is 0.497 e. The first kappa shape index (κ1) is 27.3. The van der Waals surface area contributed by atoms with E-state index in [0.29, 0.717) is 44.8 Å². The Morgan fingerprint density at radius 2 is 1.65 bits per heavy atom. The van der Waals surface area contributed by atoms with Crippen molar-refractivity contribution in [3.05, 3.63) is 48.0 Å². The highest BCUT2D eigenvalue weighted by Crippen LogP contribution is 2.32. The summed E-state index contributed by atoms with van der Waals surface area (Å²) >= 11 is 1.63. The number of fused-ring (bicyclic) bond motifs is 1. The van der Waals surface area contributed by atoms with Gasteiger partial charge in [0.2, 0.25) is 10.0 Å². The van der Waals surface area contributed by atoms with Crippen molar-refractivity contribution in [1.29, 1.82) is 0 Å². The smallest absolute Gasteiger partial charge is 0.253 e. The molecule has 3 aromatic rings. The number of methoxy groups -OCH3 is 1. The average Bonchev–Trinajstić information content (AvgIpc) is 3.36. The summed E-state index contributed by atoms with van der Waals surface area (Å²) in [6.45, 7) is 7.71. The number of anilines is 1. The maximum absolute atomic E-state index is 13.2. The van der Waals surface area contributed by atoms with Crippen molar-refractivity contribution >= 4 is 42.6 Å². The maximum atomic E-state index is 13.2. The molecule has 1 saturated heterocycles. The molecular weight excluding hydrogens is 508 g/mol. The fraction of sp³-hybridized carbons (Fsp3) is 0.481. The van der Waals surface area contributed by atoms with Gasteiger partial charge in [0.05, 0.1) is 22.2 Å². The molecule has 0 saturated carbocycles. The third kappa shape index (κ3) is 6.25. The lowest BCUT2D eigenvalue weighted by Gasteiger charge is -2.34. The van der Waals surface area contributed by atoms with Gasteiger partial charge in [-0.1, -0.05) is 38.0 Å². The molecule has 1 amide bonds. The molecular formula is C27H36N4O4S2. The monoisotopic (exact) mass is 544 g/mol. The van der Waals surface area contributed by atoms with E-state index >= 15 is 0 Å². The normalized spacial score (nSPS) is 14.5. The number of amides is 1. The molecule has 1 fully saturated rings. The first-order valence-corrected chi connectivity index (χ1v) is 15.2. The third-order valence-corrected chi connectivity index (χ3v) is 9.67. The molecule has 0 aliphatic carbocycles. The minimum absolute atomic E-state index is 0.0774. The summed E-state index contributed by atoms with van der Waals surface area (Å²) < 4.78 is 34.4. The molecule has 0 atom stereocenters. The Bertz CT molecular complexity index is 1290. The minimum Gasteiger partial charge on any atom is -0.497 e. The number of hydrogen-bond acceptors (Lipinski definition) is 7. The number of sulfonamides is 1. The first-order valence-electron chi connectivity index (χ1n) is 13.0. The van der Waals surface area contributed by atoms with Crippen LogP contribution in [0.2, 0.25) is 0 Å². The zero-order chi connectivity index (χ0) is 26.4. The van der Waals surface area contributed by atoms with E-state index in [9.17, 15) is 13.2 Å². The Morgan fingerprint density at radius 3 is 2.24 bits per heavy atom. The average molecular weight is 545 g/mol. The molecule has 8 nitrogen and oxygen atoms in total. The Balaban J connectivity index is 1.39. The summed E-state index contributed by atoms with van der Waals surface area (Å²) in [5.74, 6) is 0.734. The van der Waals surface area contributed by atoms with E-state index in [0.717, 1.165) is 46.8 Å². The molecule has 0 unspecified atom stereocenters. The summed E-state index contributed by atoms with van der Waals surface area (Å²) in [4.78, 5) is 22.2. The summed E-state index contributed by atoms with van der Waals surface area (Å²) in [7, 11) is -1.92. The molecule has 0 spiro atoms. The topological polar surface area (TPSA) is 83.1 Å². The lowest BCUT2D eigenvalue weighted by atomic mass is 10.2. The van der Waals surface area contributed by atoms with Gasteiger partial charge in [0.15, 0.2) is 5.13 Å². The molecule has 1 aliphatic rings. The highest BCUT2D eigenvalue weighted by molar-refractivity contribution is 7.89. The van der Waals surface area contributed by atoms with E-state index < -0.39 is 10.0 Å². The van der Waals surface area contributed by atoms with Crippen LogP contribution in [0.15, 0.2) is 47.4 Å². The van der Waals surface area contributed by atoms with Crippen molar-refractivity contribution in [1.82, 2.24) is 14.2 Å². The Labute approximate surface area is 223 Å². The fourth-order valence-corrected chi connectivity index (χ4v) is 6.94. The molecule has 10 heteroatoms. The number of rotatable bonds is 11. The van der Waals surface area contributed by atoms with Crippen LogP contribution in [0.1, 0.15) is 49.9 Å². The van der Waals surface area contributed by atoms with E-state index in [1.807, 2.05) is 23.1 Å². The molecule has 200 valence electrons. The van der Waals surface area contributed by atoms with Crippen LogP contribution >= 0.6 is 11.3 Å². The second-order valence-corrected chi connectivity index (χ2v) is 12.2. The number of hydrogen-bond donors (Lipinski definition) is 0. The molecule has 0 radical (unpaired) electrons. The van der Waals surface area contributed by atoms with Crippen molar-refractivity contribution < 1.29 is 17.9 Å². The molecule has 2 heterocycles. The minimum atomic E-state index is -3.58. The van der Waals surface area contributed by atoms with Crippen LogP contribution in [0.3, 0.4) is 0 Å². The van der Waals surface area contributed by atoms with Crippen molar-refractivity contribution in [3.8, 4) is 5.75 Å². The van der Waals surface area contributed by atoms with E-state index in [-0.39, 0.29) is 10.8 Å². The summed E-state index contributed by atoms with van der Waals surface area (Å²) in [6.07, 6.45) is 3.53. The number of unbranched alkanes of at least 4 members (excludes halogenated alkanes) is 2. The highest BCUT2D eigenvalue weighted by Gasteiger charge is 2.26. The zero-order valence-corrected chi connectivity index (χ0v) is 23.5. The number of carbonyl (C=O) groups is 1. The Morgan fingerprint density at radius 1 is 1.00 bits per heavy atom. The van der Waals surface area contributed by atoms with Gasteiger partial charge in [-0.25, -0.2) is 13.4 Å². The third-order valence-electron chi connectivity index (χ3n) is 6.68. The molecule has 0 bridgehead atoms. The first-order chi connectivity index (χ1) is 17.9. The molecule has 0 N–H and O–H groups in total. The van der Waals surface area contributed by atoms with Crippen molar-refractivity contribution in [3.63, 3.8) is 0 Å². The zero-order valence-electron chi connectivity index (χ0n) is 21.9. The van der Waals surface area contributed by atoms with Gasteiger partial charge in [-0.3, -0.25) is 4.79 Å². The van der Waals surface area contributed by atoms with Crippen molar-refractivity contribution in [2.75, 3.05) is 51.3 Å².